The fourth-order valence-corrected chi connectivity index (χ4v) is 4.34. The molecule has 1 aromatic heterocycles. The highest BCUT2D eigenvalue weighted by molar-refractivity contribution is 6.30. The van der Waals surface area contributed by atoms with Crippen molar-refractivity contribution >= 4 is 29.3 Å². The zero-order chi connectivity index (χ0) is 18.4. The molecule has 0 unspecified atom stereocenters. The first kappa shape index (κ1) is 16.8. The molecule has 1 aromatic carbocycles. The summed E-state index contributed by atoms with van der Waals surface area (Å²) < 4.78 is 0. The Kier molecular flexibility index (Phi) is 4.16. The number of carbonyl (C=O) groups excluding carboxylic acids is 1. The number of nitrogens with zero attached hydrogens (tertiary/aromatic N) is 3. The fraction of sp³-hybridized carbons (Fsp3) is 0.450. The molecule has 3 aliphatic rings. The van der Waals surface area contributed by atoms with Crippen LogP contribution in [0.5, 0.6) is 0 Å². The molecule has 2 amide bonds. The summed E-state index contributed by atoms with van der Waals surface area (Å²) in [6.45, 7) is 2.41. The van der Waals surface area contributed by atoms with E-state index in [1.807, 2.05) is 23.2 Å². The van der Waals surface area contributed by atoms with E-state index in [-0.39, 0.29) is 6.03 Å². The van der Waals surface area contributed by atoms with Crippen LogP contribution < -0.4 is 10.6 Å². The number of halogens is 1. The molecular weight excluding hydrogens is 362 g/mol. The van der Waals surface area contributed by atoms with Gasteiger partial charge in [0.25, 0.3) is 0 Å². The summed E-state index contributed by atoms with van der Waals surface area (Å²) >= 11 is 6.00. The van der Waals surface area contributed by atoms with Crippen LogP contribution in [0.15, 0.2) is 30.5 Å². The van der Waals surface area contributed by atoms with Crippen LogP contribution in [-0.4, -0.2) is 40.5 Å². The second kappa shape index (κ2) is 6.68. The second-order valence-corrected chi connectivity index (χ2v) is 8.28. The number of likely N-dealkylation sites (tertiary alicyclic amines) is 1. The van der Waals surface area contributed by atoms with Gasteiger partial charge in [0, 0.05) is 42.5 Å². The molecule has 0 spiro atoms. The topological polar surface area (TPSA) is 70.2 Å². The van der Waals surface area contributed by atoms with Crippen LogP contribution in [0.4, 0.5) is 16.4 Å². The molecule has 2 aromatic rings. The number of hydrogen-bond acceptors (Lipinski definition) is 4. The van der Waals surface area contributed by atoms with Crippen molar-refractivity contribution in [3.8, 4) is 0 Å². The van der Waals surface area contributed by atoms with E-state index in [1.165, 1.54) is 18.4 Å². The largest absolute Gasteiger partial charge is 0.354 e. The number of fused-ring (bicyclic) bond motifs is 3. The van der Waals surface area contributed by atoms with Crippen molar-refractivity contribution in [1.82, 2.24) is 14.9 Å². The van der Waals surface area contributed by atoms with Gasteiger partial charge in [-0.3, -0.25) is 0 Å². The Hall–Kier alpha value is -2.34. The van der Waals surface area contributed by atoms with Gasteiger partial charge in [-0.25, -0.2) is 14.8 Å². The Bertz CT molecular complexity index is 884. The van der Waals surface area contributed by atoms with E-state index in [9.17, 15) is 4.79 Å². The van der Waals surface area contributed by atoms with Crippen LogP contribution in [-0.2, 0) is 6.42 Å². The number of urea groups is 1. The summed E-state index contributed by atoms with van der Waals surface area (Å²) in [6, 6.07) is 7.16. The fourth-order valence-electron chi connectivity index (χ4n) is 4.15. The summed E-state index contributed by atoms with van der Waals surface area (Å²) in [5, 5.41) is 6.92. The Morgan fingerprint density at radius 2 is 2.19 bits per heavy atom. The Morgan fingerprint density at radius 1 is 1.30 bits per heavy atom. The number of rotatable bonds is 4. The van der Waals surface area contributed by atoms with Crippen LogP contribution >= 0.6 is 11.6 Å². The van der Waals surface area contributed by atoms with Gasteiger partial charge in [-0.1, -0.05) is 17.7 Å². The number of hydrogen-bond donors (Lipinski definition) is 2. The number of amides is 2. The molecule has 2 N–H and O–H groups in total. The van der Waals surface area contributed by atoms with Gasteiger partial charge < -0.3 is 15.5 Å². The van der Waals surface area contributed by atoms with E-state index in [1.54, 1.807) is 12.1 Å². The van der Waals surface area contributed by atoms with Crippen molar-refractivity contribution in [2.45, 2.75) is 25.2 Å². The molecule has 2 heterocycles. The first-order valence-corrected chi connectivity index (χ1v) is 9.94. The molecule has 7 heteroatoms. The van der Waals surface area contributed by atoms with E-state index in [4.69, 9.17) is 16.6 Å². The highest BCUT2D eigenvalue weighted by Gasteiger charge is 2.43. The monoisotopic (exact) mass is 383 g/mol. The van der Waals surface area contributed by atoms with E-state index >= 15 is 0 Å². The quantitative estimate of drug-likeness (QED) is 0.843. The molecule has 0 radical (unpaired) electrons. The van der Waals surface area contributed by atoms with Crippen molar-refractivity contribution < 1.29 is 4.79 Å². The summed E-state index contributed by atoms with van der Waals surface area (Å²) in [5.74, 6) is 2.24. The SMILES string of the molecule is O=C(Nc1cccc(Cl)c1)N1C[C@@H]2Cc3cnc(NCC4CC4)nc3[C@@H]2C1. The van der Waals surface area contributed by atoms with Gasteiger partial charge in [-0.15, -0.1) is 0 Å². The maximum Gasteiger partial charge on any atom is 0.321 e. The number of carbonyl (C=O) groups is 1. The van der Waals surface area contributed by atoms with Crippen molar-refractivity contribution in [2.75, 3.05) is 30.3 Å². The first-order valence-electron chi connectivity index (χ1n) is 9.57. The van der Waals surface area contributed by atoms with Gasteiger partial charge in [0.1, 0.15) is 0 Å². The average Bonchev–Trinajstić information content (AvgIpc) is 3.29. The van der Waals surface area contributed by atoms with E-state index in [0.717, 1.165) is 42.8 Å². The molecule has 2 fully saturated rings. The van der Waals surface area contributed by atoms with E-state index in [2.05, 4.69) is 15.6 Å². The highest BCUT2D eigenvalue weighted by atomic mass is 35.5. The minimum Gasteiger partial charge on any atom is -0.354 e. The van der Waals surface area contributed by atoms with Gasteiger partial charge in [0.2, 0.25) is 5.95 Å². The van der Waals surface area contributed by atoms with Crippen LogP contribution in [0.3, 0.4) is 0 Å². The molecular formula is C20H22ClN5O. The molecule has 1 saturated heterocycles. The van der Waals surface area contributed by atoms with E-state index < -0.39 is 0 Å². The standard InChI is InChI=1S/C20H22ClN5O/c21-15-2-1-3-16(7-15)24-20(27)26-10-14-6-13-9-23-19(22-8-12-4-5-12)25-18(13)17(14)11-26/h1-3,7,9,12,14,17H,4-6,8,10-11H2,(H,24,27)(H,22,23,25)/t14-,17+/m0/s1. The molecule has 5 rings (SSSR count). The Balaban J connectivity index is 1.26. The lowest BCUT2D eigenvalue weighted by Gasteiger charge is -2.18. The summed E-state index contributed by atoms with van der Waals surface area (Å²) in [7, 11) is 0. The lowest BCUT2D eigenvalue weighted by atomic mass is 9.99. The van der Waals surface area contributed by atoms with E-state index in [0.29, 0.717) is 23.4 Å². The Morgan fingerprint density at radius 3 is 3.00 bits per heavy atom. The minimum atomic E-state index is -0.0747. The molecule has 2 atom stereocenters. The maximum atomic E-state index is 12.6. The zero-order valence-corrected chi connectivity index (χ0v) is 15.7. The normalized spacial score (nSPS) is 23.1. The summed E-state index contributed by atoms with van der Waals surface area (Å²) in [4.78, 5) is 23.8. The first-order chi connectivity index (χ1) is 13.2. The number of anilines is 2. The van der Waals surface area contributed by atoms with Gasteiger partial charge >= 0.3 is 6.03 Å². The molecule has 1 aliphatic heterocycles. The molecule has 1 saturated carbocycles. The van der Waals surface area contributed by atoms with Crippen molar-refractivity contribution in [3.63, 3.8) is 0 Å². The van der Waals surface area contributed by atoms with Crippen LogP contribution in [0.25, 0.3) is 0 Å². The predicted octanol–water partition coefficient (Wildman–Crippen LogP) is 3.76. The number of benzene rings is 1. The van der Waals surface area contributed by atoms with Crippen molar-refractivity contribution in [2.24, 2.45) is 11.8 Å². The summed E-state index contributed by atoms with van der Waals surface area (Å²) in [5.41, 5.74) is 3.07. The van der Waals surface area contributed by atoms with Gasteiger partial charge in [-0.2, -0.15) is 0 Å². The highest BCUT2D eigenvalue weighted by Crippen LogP contribution is 2.42. The molecule has 2 aliphatic carbocycles. The third-order valence-corrected chi connectivity index (χ3v) is 6.02. The maximum absolute atomic E-state index is 12.6. The van der Waals surface area contributed by atoms with Crippen LogP contribution in [0, 0.1) is 11.8 Å². The smallest absolute Gasteiger partial charge is 0.321 e. The van der Waals surface area contributed by atoms with Gasteiger partial charge in [-0.05, 0) is 54.9 Å². The lowest BCUT2D eigenvalue weighted by Crippen LogP contribution is -2.33. The molecule has 0 bridgehead atoms. The zero-order valence-electron chi connectivity index (χ0n) is 15.0. The van der Waals surface area contributed by atoms with Crippen LogP contribution in [0.1, 0.15) is 30.0 Å². The van der Waals surface area contributed by atoms with Gasteiger partial charge in [0.05, 0.1) is 5.69 Å². The third kappa shape index (κ3) is 3.46. The predicted molar refractivity (Wildman–Crippen MR) is 105 cm³/mol. The molecule has 27 heavy (non-hydrogen) atoms. The van der Waals surface area contributed by atoms with Crippen molar-refractivity contribution in [3.05, 3.63) is 46.7 Å². The number of nitrogens with one attached hydrogen (secondary N) is 2. The molecule has 6 nitrogen and oxygen atoms in total. The minimum absolute atomic E-state index is 0.0747. The number of aromatic nitrogens is 2. The third-order valence-electron chi connectivity index (χ3n) is 5.78. The summed E-state index contributed by atoms with van der Waals surface area (Å²) in [6.07, 6.45) is 5.52. The molecule has 140 valence electrons. The lowest BCUT2D eigenvalue weighted by molar-refractivity contribution is 0.220. The van der Waals surface area contributed by atoms with Gasteiger partial charge in [0.15, 0.2) is 0 Å². The Labute approximate surface area is 163 Å². The van der Waals surface area contributed by atoms with Crippen LogP contribution in [0.2, 0.25) is 5.02 Å². The average molecular weight is 384 g/mol. The second-order valence-electron chi connectivity index (χ2n) is 7.84. The van der Waals surface area contributed by atoms with Crippen molar-refractivity contribution in [1.29, 1.82) is 0 Å².